The van der Waals surface area contributed by atoms with Crippen molar-refractivity contribution < 1.29 is 15.3 Å². The minimum Gasteiger partial charge on any atom is -0.394 e. The van der Waals surface area contributed by atoms with Crippen LogP contribution in [-0.2, 0) is 0 Å². The third-order valence-corrected chi connectivity index (χ3v) is 0.971. The van der Waals surface area contributed by atoms with Gasteiger partial charge in [0.25, 0.3) is 0 Å². The highest BCUT2D eigenvalue weighted by Crippen LogP contribution is 1.92. The molecule has 0 saturated carbocycles. The lowest BCUT2D eigenvalue weighted by atomic mass is 10.2. The Morgan fingerprint density at radius 3 is 2.33 bits per heavy atom. The lowest BCUT2D eigenvalue weighted by molar-refractivity contribution is 0.00943. The van der Waals surface area contributed by atoms with Gasteiger partial charge in [-0.2, -0.15) is 0 Å². The van der Waals surface area contributed by atoms with Crippen molar-refractivity contribution in [3.8, 4) is 0 Å². The average molecular weight is 132 g/mol. The SMILES string of the molecule is C/C=C/[C@H](O)[C@@H](O)CO. The molecule has 0 aromatic rings. The van der Waals surface area contributed by atoms with E-state index in [0.717, 1.165) is 0 Å². The van der Waals surface area contributed by atoms with Gasteiger partial charge >= 0.3 is 0 Å². The Bertz CT molecular complexity index is 90.3. The first-order valence-corrected chi connectivity index (χ1v) is 2.82. The number of aliphatic hydroxyl groups is 3. The van der Waals surface area contributed by atoms with Crippen LogP contribution in [0.2, 0.25) is 0 Å². The van der Waals surface area contributed by atoms with Crippen molar-refractivity contribution in [3.05, 3.63) is 12.2 Å². The normalized spacial score (nSPS) is 18.2. The molecule has 2 atom stereocenters. The average Bonchev–Trinajstić information content (AvgIpc) is 1.87. The summed E-state index contributed by atoms with van der Waals surface area (Å²) in [5, 5.41) is 25.8. The molecule has 0 aromatic heterocycles. The molecule has 3 N–H and O–H groups in total. The molecule has 0 saturated heterocycles. The molecular formula is C6H12O3. The van der Waals surface area contributed by atoms with Gasteiger partial charge in [0.1, 0.15) is 12.2 Å². The predicted molar refractivity (Wildman–Crippen MR) is 33.9 cm³/mol. The second-order valence-corrected chi connectivity index (χ2v) is 1.77. The first-order valence-electron chi connectivity index (χ1n) is 2.82. The number of aliphatic hydroxyl groups excluding tert-OH is 3. The maximum atomic E-state index is 8.82. The third kappa shape index (κ3) is 3.24. The summed E-state index contributed by atoms with van der Waals surface area (Å²) in [6.45, 7) is 1.32. The van der Waals surface area contributed by atoms with Gasteiger partial charge in [0, 0.05) is 0 Å². The first-order chi connectivity index (χ1) is 4.22. The maximum Gasteiger partial charge on any atom is 0.106 e. The van der Waals surface area contributed by atoms with Crippen LogP contribution in [0.15, 0.2) is 12.2 Å². The zero-order chi connectivity index (χ0) is 7.28. The molecule has 3 nitrogen and oxygen atoms in total. The lowest BCUT2D eigenvalue weighted by Crippen LogP contribution is -2.27. The first kappa shape index (κ1) is 8.62. The largest absolute Gasteiger partial charge is 0.394 e. The summed E-state index contributed by atoms with van der Waals surface area (Å²) in [4.78, 5) is 0. The summed E-state index contributed by atoms with van der Waals surface area (Å²) in [5.41, 5.74) is 0. The molecule has 0 unspecified atom stereocenters. The molecule has 3 heteroatoms. The number of hydrogen-bond acceptors (Lipinski definition) is 3. The fourth-order valence-corrected chi connectivity index (χ4v) is 0.433. The van der Waals surface area contributed by atoms with Crippen LogP contribution in [0.1, 0.15) is 6.92 Å². The monoisotopic (exact) mass is 132 g/mol. The molecule has 9 heavy (non-hydrogen) atoms. The number of allylic oxidation sites excluding steroid dienone is 1. The summed E-state index contributed by atoms with van der Waals surface area (Å²) in [6.07, 6.45) is 1.03. The van der Waals surface area contributed by atoms with Crippen LogP contribution in [0.3, 0.4) is 0 Å². The third-order valence-electron chi connectivity index (χ3n) is 0.971. The van der Waals surface area contributed by atoms with Crippen molar-refractivity contribution in [1.29, 1.82) is 0 Å². The molecule has 54 valence electrons. The van der Waals surface area contributed by atoms with Gasteiger partial charge in [0.15, 0.2) is 0 Å². The Morgan fingerprint density at radius 2 is 2.00 bits per heavy atom. The minimum atomic E-state index is -1.05. The van der Waals surface area contributed by atoms with Gasteiger partial charge in [-0.25, -0.2) is 0 Å². The summed E-state index contributed by atoms with van der Waals surface area (Å²) in [6, 6.07) is 0. The van der Waals surface area contributed by atoms with Crippen molar-refractivity contribution in [2.24, 2.45) is 0 Å². The van der Waals surface area contributed by atoms with E-state index in [9.17, 15) is 0 Å². The fraction of sp³-hybridized carbons (Fsp3) is 0.667. The zero-order valence-corrected chi connectivity index (χ0v) is 5.36. The van der Waals surface area contributed by atoms with E-state index in [1.54, 1.807) is 13.0 Å². The van der Waals surface area contributed by atoms with E-state index >= 15 is 0 Å². The fourth-order valence-electron chi connectivity index (χ4n) is 0.433. The van der Waals surface area contributed by atoms with Crippen molar-refractivity contribution in [3.63, 3.8) is 0 Å². The second-order valence-electron chi connectivity index (χ2n) is 1.77. The van der Waals surface area contributed by atoms with E-state index in [1.807, 2.05) is 0 Å². The highest BCUT2D eigenvalue weighted by molar-refractivity contribution is 4.89. The Balaban J connectivity index is 3.58. The van der Waals surface area contributed by atoms with Crippen LogP contribution in [0.4, 0.5) is 0 Å². The molecule has 0 heterocycles. The van der Waals surface area contributed by atoms with Crippen LogP contribution in [0.25, 0.3) is 0 Å². The van der Waals surface area contributed by atoms with Gasteiger partial charge in [-0.1, -0.05) is 12.2 Å². The van der Waals surface area contributed by atoms with Crippen LogP contribution in [0.5, 0.6) is 0 Å². The number of hydrogen-bond donors (Lipinski definition) is 3. The summed E-state index contributed by atoms with van der Waals surface area (Å²) in [7, 11) is 0. The molecule has 0 spiro atoms. The van der Waals surface area contributed by atoms with Gasteiger partial charge in [-0.05, 0) is 6.92 Å². The quantitative estimate of drug-likeness (QED) is 0.444. The molecule has 0 bridgehead atoms. The van der Waals surface area contributed by atoms with E-state index < -0.39 is 18.8 Å². The van der Waals surface area contributed by atoms with Gasteiger partial charge in [-0.3, -0.25) is 0 Å². The second kappa shape index (κ2) is 4.49. The molecule has 0 aliphatic heterocycles. The van der Waals surface area contributed by atoms with Gasteiger partial charge < -0.3 is 15.3 Å². The molecule has 0 amide bonds. The van der Waals surface area contributed by atoms with E-state index in [0.29, 0.717) is 0 Å². The van der Waals surface area contributed by atoms with Crippen molar-refractivity contribution in [2.75, 3.05) is 6.61 Å². The molecular weight excluding hydrogens is 120 g/mol. The van der Waals surface area contributed by atoms with Gasteiger partial charge in [0.05, 0.1) is 6.61 Å². The van der Waals surface area contributed by atoms with Crippen molar-refractivity contribution in [1.82, 2.24) is 0 Å². The standard InChI is InChI=1S/C6H12O3/c1-2-3-5(8)6(9)4-7/h2-3,5-9H,4H2,1H3/b3-2+/t5-,6-/m0/s1. The van der Waals surface area contributed by atoms with E-state index in [-0.39, 0.29) is 0 Å². The topological polar surface area (TPSA) is 60.7 Å². The Morgan fingerprint density at radius 1 is 1.44 bits per heavy atom. The van der Waals surface area contributed by atoms with Crippen molar-refractivity contribution in [2.45, 2.75) is 19.1 Å². The predicted octanol–water partition coefficient (Wildman–Crippen LogP) is -0.723. The molecule has 0 aliphatic carbocycles. The molecule has 0 aromatic carbocycles. The van der Waals surface area contributed by atoms with Gasteiger partial charge in [-0.15, -0.1) is 0 Å². The Kier molecular flexibility index (Phi) is 4.30. The molecule has 0 rings (SSSR count). The summed E-state index contributed by atoms with van der Waals surface area (Å²) >= 11 is 0. The smallest absolute Gasteiger partial charge is 0.106 e. The lowest BCUT2D eigenvalue weighted by Gasteiger charge is -2.09. The van der Waals surface area contributed by atoms with E-state index in [1.165, 1.54) is 6.08 Å². The zero-order valence-electron chi connectivity index (χ0n) is 5.36. The highest BCUT2D eigenvalue weighted by atomic mass is 16.4. The van der Waals surface area contributed by atoms with Gasteiger partial charge in [0.2, 0.25) is 0 Å². The van der Waals surface area contributed by atoms with E-state index in [2.05, 4.69) is 0 Å². The number of rotatable bonds is 3. The molecule has 0 radical (unpaired) electrons. The van der Waals surface area contributed by atoms with Crippen LogP contribution in [-0.4, -0.2) is 34.1 Å². The molecule has 0 aliphatic rings. The maximum absolute atomic E-state index is 8.82. The Labute approximate surface area is 54.3 Å². The van der Waals surface area contributed by atoms with Crippen LogP contribution in [0, 0.1) is 0 Å². The van der Waals surface area contributed by atoms with E-state index in [4.69, 9.17) is 15.3 Å². The molecule has 0 fully saturated rings. The summed E-state index contributed by atoms with van der Waals surface area (Å²) < 4.78 is 0. The summed E-state index contributed by atoms with van der Waals surface area (Å²) in [5.74, 6) is 0. The highest BCUT2D eigenvalue weighted by Gasteiger charge is 2.09. The van der Waals surface area contributed by atoms with Crippen molar-refractivity contribution >= 4 is 0 Å². The minimum absolute atomic E-state index is 0.411. The van der Waals surface area contributed by atoms with Crippen LogP contribution >= 0.6 is 0 Å². The Hall–Kier alpha value is -0.380. The van der Waals surface area contributed by atoms with Crippen LogP contribution < -0.4 is 0 Å².